The fraction of sp³-hybridized carbons (Fsp3) is 0.364. The zero-order valence-electron chi connectivity index (χ0n) is 9.39. The van der Waals surface area contributed by atoms with Crippen LogP contribution in [0.2, 0.25) is 0 Å². The van der Waals surface area contributed by atoms with E-state index in [-0.39, 0.29) is 17.3 Å². The van der Waals surface area contributed by atoms with E-state index in [1.807, 2.05) is 0 Å². The minimum atomic E-state index is -0.683. The van der Waals surface area contributed by atoms with Crippen LogP contribution in [0.3, 0.4) is 0 Å². The van der Waals surface area contributed by atoms with Crippen molar-refractivity contribution in [2.75, 3.05) is 11.5 Å². The van der Waals surface area contributed by atoms with Gasteiger partial charge in [0.2, 0.25) is 0 Å². The Balaban J connectivity index is 2.22. The minimum absolute atomic E-state index is 0.00497. The highest BCUT2D eigenvalue weighted by Crippen LogP contribution is 2.21. The first-order valence-corrected chi connectivity index (χ1v) is 6.56. The number of amides is 1. The number of carbonyl (C=O) groups is 1. The first-order valence-electron chi connectivity index (χ1n) is 5.40. The van der Waals surface area contributed by atoms with Gasteiger partial charge in [0.15, 0.2) is 0 Å². The molecule has 1 aliphatic heterocycles. The Bertz CT molecular complexity index is 489. The molecule has 2 rings (SSSR count). The second-order valence-corrected chi connectivity index (χ2v) is 5.10. The molecule has 96 valence electrons. The molecule has 1 atom stereocenters. The largest absolute Gasteiger partial charge is 0.348 e. The number of nitro benzene ring substituents is 1. The summed E-state index contributed by atoms with van der Waals surface area (Å²) < 4.78 is 13.1. The van der Waals surface area contributed by atoms with Crippen molar-refractivity contribution in [2.24, 2.45) is 0 Å². The van der Waals surface area contributed by atoms with Crippen LogP contribution in [0.15, 0.2) is 18.2 Å². The molecule has 1 N–H and O–H groups in total. The van der Waals surface area contributed by atoms with E-state index in [1.54, 1.807) is 11.8 Å². The summed E-state index contributed by atoms with van der Waals surface area (Å²) in [7, 11) is 0. The van der Waals surface area contributed by atoms with Gasteiger partial charge < -0.3 is 5.32 Å². The van der Waals surface area contributed by atoms with Gasteiger partial charge in [0, 0.05) is 17.9 Å². The lowest BCUT2D eigenvalue weighted by Gasteiger charge is -2.11. The summed E-state index contributed by atoms with van der Waals surface area (Å²) in [6.45, 7) is 0. The Kier molecular flexibility index (Phi) is 3.81. The Morgan fingerprint density at radius 3 is 2.94 bits per heavy atom. The zero-order valence-corrected chi connectivity index (χ0v) is 10.2. The Hall–Kier alpha value is -1.63. The first-order chi connectivity index (χ1) is 8.58. The quantitative estimate of drug-likeness (QED) is 0.673. The molecule has 0 saturated carbocycles. The molecule has 1 aliphatic rings. The van der Waals surface area contributed by atoms with Crippen LogP contribution >= 0.6 is 11.8 Å². The van der Waals surface area contributed by atoms with E-state index < -0.39 is 16.6 Å². The predicted molar refractivity (Wildman–Crippen MR) is 66.3 cm³/mol. The van der Waals surface area contributed by atoms with Crippen LogP contribution in [0.4, 0.5) is 10.1 Å². The van der Waals surface area contributed by atoms with Gasteiger partial charge >= 0.3 is 0 Å². The second-order valence-electron chi connectivity index (χ2n) is 3.95. The molecular formula is C11H11FN2O3S. The topological polar surface area (TPSA) is 72.2 Å². The molecule has 1 aromatic rings. The minimum Gasteiger partial charge on any atom is -0.348 e. The van der Waals surface area contributed by atoms with Crippen molar-refractivity contribution in [3.05, 3.63) is 39.7 Å². The molecule has 0 spiro atoms. The van der Waals surface area contributed by atoms with Crippen molar-refractivity contribution < 1.29 is 14.1 Å². The lowest BCUT2D eigenvalue weighted by molar-refractivity contribution is -0.385. The maximum Gasteiger partial charge on any atom is 0.282 e. The number of hydrogen-bond donors (Lipinski definition) is 1. The van der Waals surface area contributed by atoms with E-state index in [4.69, 9.17) is 0 Å². The summed E-state index contributed by atoms with van der Waals surface area (Å²) in [5.74, 6) is 0.491. The van der Waals surface area contributed by atoms with Gasteiger partial charge in [0.05, 0.1) is 4.92 Å². The number of hydrogen-bond acceptors (Lipinski definition) is 4. The van der Waals surface area contributed by atoms with E-state index in [9.17, 15) is 19.3 Å². The van der Waals surface area contributed by atoms with Gasteiger partial charge in [-0.1, -0.05) is 0 Å². The molecule has 1 saturated heterocycles. The van der Waals surface area contributed by atoms with E-state index in [2.05, 4.69) is 5.32 Å². The Labute approximate surface area is 107 Å². The number of rotatable bonds is 3. The van der Waals surface area contributed by atoms with E-state index in [0.29, 0.717) is 0 Å². The number of thioether (sulfide) groups is 1. The first kappa shape index (κ1) is 12.8. The third-order valence-corrected chi connectivity index (χ3v) is 3.83. The zero-order chi connectivity index (χ0) is 13.1. The predicted octanol–water partition coefficient (Wildman–Crippen LogP) is 1.97. The van der Waals surface area contributed by atoms with Crippen LogP contribution < -0.4 is 5.32 Å². The van der Waals surface area contributed by atoms with Crippen molar-refractivity contribution in [1.82, 2.24) is 5.32 Å². The SMILES string of the molecule is O=C(NC1CCSC1)c1cc(F)ccc1[N+](=O)[O-]. The lowest BCUT2D eigenvalue weighted by Crippen LogP contribution is -2.35. The molecule has 0 aromatic heterocycles. The van der Waals surface area contributed by atoms with Gasteiger partial charge in [-0.2, -0.15) is 11.8 Å². The molecular weight excluding hydrogens is 259 g/mol. The average molecular weight is 270 g/mol. The second kappa shape index (κ2) is 5.34. The van der Waals surface area contributed by atoms with Gasteiger partial charge in [-0.05, 0) is 24.3 Å². The standard InChI is InChI=1S/C11H11FN2O3S/c12-7-1-2-10(14(16)17)9(5-7)11(15)13-8-3-4-18-6-8/h1-2,5,8H,3-4,6H2,(H,13,15). The third-order valence-electron chi connectivity index (χ3n) is 2.66. The van der Waals surface area contributed by atoms with Crippen molar-refractivity contribution in [1.29, 1.82) is 0 Å². The monoisotopic (exact) mass is 270 g/mol. The van der Waals surface area contributed by atoms with E-state index in [0.717, 1.165) is 36.1 Å². The maximum atomic E-state index is 13.1. The van der Waals surface area contributed by atoms with Gasteiger partial charge in [0.1, 0.15) is 11.4 Å². The van der Waals surface area contributed by atoms with Crippen molar-refractivity contribution in [3.8, 4) is 0 Å². The van der Waals surface area contributed by atoms with E-state index >= 15 is 0 Å². The van der Waals surface area contributed by atoms with Gasteiger partial charge in [-0.15, -0.1) is 0 Å². The molecule has 18 heavy (non-hydrogen) atoms. The summed E-state index contributed by atoms with van der Waals surface area (Å²) >= 11 is 1.71. The third kappa shape index (κ3) is 2.79. The van der Waals surface area contributed by atoms with Crippen LogP contribution in [0.5, 0.6) is 0 Å². The van der Waals surface area contributed by atoms with Gasteiger partial charge in [0.25, 0.3) is 11.6 Å². The number of halogens is 1. The van der Waals surface area contributed by atoms with Crippen LogP contribution in [-0.4, -0.2) is 28.4 Å². The summed E-state index contributed by atoms with van der Waals surface area (Å²) in [6.07, 6.45) is 0.833. The summed E-state index contributed by atoms with van der Waals surface area (Å²) in [6, 6.07) is 2.88. The van der Waals surface area contributed by atoms with Crippen molar-refractivity contribution in [3.63, 3.8) is 0 Å². The Morgan fingerprint density at radius 1 is 1.56 bits per heavy atom. The fourth-order valence-electron chi connectivity index (χ4n) is 1.76. The summed E-state index contributed by atoms with van der Waals surface area (Å²) in [5.41, 5.74) is -0.601. The van der Waals surface area contributed by atoms with Crippen LogP contribution in [-0.2, 0) is 0 Å². The molecule has 0 aliphatic carbocycles. The van der Waals surface area contributed by atoms with Crippen molar-refractivity contribution in [2.45, 2.75) is 12.5 Å². The molecule has 1 aromatic carbocycles. The maximum absolute atomic E-state index is 13.1. The molecule has 7 heteroatoms. The number of benzene rings is 1. The normalized spacial score (nSPS) is 18.6. The molecule has 1 amide bonds. The van der Waals surface area contributed by atoms with Crippen LogP contribution in [0.25, 0.3) is 0 Å². The molecule has 1 unspecified atom stereocenters. The lowest BCUT2D eigenvalue weighted by atomic mass is 10.1. The highest BCUT2D eigenvalue weighted by Gasteiger charge is 2.24. The highest BCUT2D eigenvalue weighted by atomic mass is 32.2. The number of nitrogens with zero attached hydrogens (tertiary/aromatic N) is 1. The van der Waals surface area contributed by atoms with E-state index in [1.165, 1.54) is 0 Å². The number of nitro groups is 1. The molecule has 0 radical (unpaired) electrons. The van der Waals surface area contributed by atoms with Gasteiger partial charge in [-0.3, -0.25) is 14.9 Å². The molecule has 1 fully saturated rings. The Morgan fingerprint density at radius 2 is 2.33 bits per heavy atom. The summed E-state index contributed by atoms with van der Waals surface area (Å²) in [5, 5.41) is 13.5. The molecule has 0 bridgehead atoms. The molecule has 5 nitrogen and oxygen atoms in total. The highest BCUT2D eigenvalue weighted by molar-refractivity contribution is 7.99. The van der Waals surface area contributed by atoms with Gasteiger partial charge in [-0.25, -0.2) is 4.39 Å². The fourth-order valence-corrected chi connectivity index (χ4v) is 2.91. The van der Waals surface area contributed by atoms with Crippen LogP contribution in [0, 0.1) is 15.9 Å². The summed E-state index contributed by atoms with van der Waals surface area (Å²) in [4.78, 5) is 22.0. The number of nitrogens with one attached hydrogen (secondary N) is 1. The number of carbonyl (C=O) groups excluding carboxylic acids is 1. The smallest absolute Gasteiger partial charge is 0.282 e. The van der Waals surface area contributed by atoms with Crippen molar-refractivity contribution >= 4 is 23.4 Å². The van der Waals surface area contributed by atoms with Crippen LogP contribution in [0.1, 0.15) is 16.8 Å². The average Bonchev–Trinajstić information content (AvgIpc) is 2.81. The molecule has 1 heterocycles.